The van der Waals surface area contributed by atoms with Gasteiger partial charge in [-0.15, -0.1) is 11.8 Å². The van der Waals surface area contributed by atoms with E-state index in [1.165, 1.54) is 5.56 Å². The molecule has 0 aliphatic heterocycles. The molecule has 1 unspecified atom stereocenters. The minimum atomic E-state index is 0.329. The van der Waals surface area contributed by atoms with Gasteiger partial charge in [0.2, 0.25) is 0 Å². The van der Waals surface area contributed by atoms with Crippen molar-refractivity contribution in [3.8, 4) is 11.8 Å². The molecule has 1 aromatic carbocycles. The largest absolute Gasteiger partial charge is 0.313 e. The molecule has 0 saturated carbocycles. The second-order valence-corrected chi connectivity index (χ2v) is 5.05. The quantitative estimate of drug-likeness (QED) is 0.641. The Hall–Kier alpha value is -0.240. The fourth-order valence-corrected chi connectivity index (χ4v) is 2.07. The standard InChI is InChI=1S/C13H15ClIN/c1-3-4-5-6-13(16-2)10-7-8-12(15)11(14)9-10/h7-9,13,16H,5-6H2,1-2H3. The van der Waals surface area contributed by atoms with Crippen LogP contribution >= 0.6 is 34.2 Å². The van der Waals surface area contributed by atoms with Crippen LogP contribution in [0.4, 0.5) is 0 Å². The third kappa shape index (κ3) is 3.97. The molecule has 0 fully saturated rings. The number of hydrogen-bond acceptors (Lipinski definition) is 1. The summed E-state index contributed by atoms with van der Waals surface area (Å²) in [6, 6.07) is 6.53. The lowest BCUT2D eigenvalue weighted by molar-refractivity contribution is 0.558. The van der Waals surface area contributed by atoms with Crippen molar-refractivity contribution in [3.05, 3.63) is 32.4 Å². The lowest BCUT2D eigenvalue weighted by atomic mass is 10.0. The highest BCUT2D eigenvalue weighted by Gasteiger charge is 2.09. The van der Waals surface area contributed by atoms with Crippen molar-refractivity contribution in [2.24, 2.45) is 0 Å². The van der Waals surface area contributed by atoms with E-state index in [2.05, 4.69) is 45.8 Å². The summed E-state index contributed by atoms with van der Waals surface area (Å²) in [6.45, 7) is 1.87. The summed E-state index contributed by atoms with van der Waals surface area (Å²) in [5.74, 6) is 6.00. The Labute approximate surface area is 116 Å². The summed E-state index contributed by atoms with van der Waals surface area (Å²) in [5.41, 5.74) is 1.23. The zero-order valence-electron chi connectivity index (χ0n) is 9.48. The lowest BCUT2D eigenvalue weighted by Gasteiger charge is -2.15. The smallest absolute Gasteiger partial charge is 0.0542 e. The second-order valence-electron chi connectivity index (χ2n) is 3.48. The van der Waals surface area contributed by atoms with Gasteiger partial charge in [0.15, 0.2) is 0 Å². The summed E-state index contributed by atoms with van der Waals surface area (Å²) in [5, 5.41) is 4.11. The van der Waals surface area contributed by atoms with Gasteiger partial charge in [0.1, 0.15) is 0 Å². The molecule has 1 N–H and O–H groups in total. The van der Waals surface area contributed by atoms with E-state index in [0.29, 0.717) is 6.04 Å². The van der Waals surface area contributed by atoms with Crippen molar-refractivity contribution in [2.75, 3.05) is 7.05 Å². The van der Waals surface area contributed by atoms with Crippen LogP contribution in [-0.4, -0.2) is 7.05 Å². The monoisotopic (exact) mass is 347 g/mol. The van der Waals surface area contributed by atoms with Crippen LogP contribution in [0.2, 0.25) is 5.02 Å². The van der Waals surface area contributed by atoms with Gasteiger partial charge in [-0.1, -0.05) is 17.7 Å². The minimum Gasteiger partial charge on any atom is -0.313 e. The van der Waals surface area contributed by atoms with Gasteiger partial charge in [0, 0.05) is 16.0 Å². The molecule has 0 aliphatic carbocycles. The molecule has 1 aromatic rings. The normalized spacial score (nSPS) is 11.8. The molecular formula is C13H15ClIN. The maximum absolute atomic E-state index is 6.11. The molecule has 0 radical (unpaired) electrons. The van der Waals surface area contributed by atoms with Crippen LogP contribution in [0, 0.1) is 15.4 Å². The molecule has 0 heterocycles. The van der Waals surface area contributed by atoms with Gasteiger partial charge in [-0.2, -0.15) is 0 Å². The first kappa shape index (κ1) is 13.8. The van der Waals surface area contributed by atoms with Crippen molar-refractivity contribution in [3.63, 3.8) is 0 Å². The highest BCUT2D eigenvalue weighted by Crippen LogP contribution is 2.25. The summed E-state index contributed by atoms with van der Waals surface area (Å²) < 4.78 is 1.09. The van der Waals surface area contributed by atoms with E-state index < -0.39 is 0 Å². The maximum Gasteiger partial charge on any atom is 0.0542 e. The fourth-order valence-electron chi connectivity index (χ4n) is 1.55. The Bertz CT molecular complexity index is 406. The minimum absolute atomic E-state index is 0.329. The number of rotatable bonds is 4. The average molecular weight is 348 g/mol. The molecule has 0 saturated heterocycles. The van der Waals surface area contributed by atoms with Gasteiger partial charge in [-0.25, -0.2) is 0 Å². The van der Waals surface area contributed by atoms with Gasteiger partial charge in [0.05, 0.1) is 5.02 Å². The third-order valence-electron chi connectivity index (χ3n) is 2.43. The fraction of sp³-hybridized carbons (Fsp3) is 0.385. The van der Waals surface area contributed by atoms with E-state index in [9.17, 15) is 0 Å². The number of nitrogens with one attached hydrogen (secondary N) is 1. The first-order valence-corrected chi connectivity index (χ1v) is 6.66. The number of hydrogen-bond donors (Lipinski definition) is 1. The van der Waals surface area contributed by atoms with Crippen molar-refractivity contribution < 1.29 is 0 Å². The van der Waals surface area contributed by atoms with E-state index in [-0.39, 0.29) is 0 Å². The van der Waals surface area contributed by atoms with E-state index in [0.717, 1.165) is 21.4 Å². The maximum atomic E-state index is 6.11. The van der Waals surface area contributed by atoms with Crippen molar-refractivity contribution in [2.45, 2.75) is 25.8 Å². The third-order valence-corrected chi connectivity index (χ3v) is 4.00. The first-order valence-electron chi connectivity index (χ1n) is 5.21. The van der Waals surface area contributed by atoms with Crippen LogP contribution in [0.25, 0.3) is 0 Å². The van der Waals surface area contributed by atoms with E-state index >= 15 is 0 Å². The van der Waals surface area contributed by atoms with Crippen LogP contribution < -0.4 is 5.32 Å². The molecule has 1 atom stereocenters. The van der Waals surface area contributed by atoms with Crippen LogP contribution in [0.1, 0.15) is 31.4 Å². The molecule has 0 aliphatic rings. The van der Waals surface area contributed by atoms with Crippen LogP contribution in [0.15, 0.2) is 18.2 Å². The number of benzene rings is 1. The van der Waals surface area contributed by atoms with E-state index in [4.69, 9.17) is 11.6 Å². The van der Waals surface area contributed by atoms with Gasteiger partial charge in [0.25, 0.3) is 0 Å². The number of halogens is 2. The Morgan fingerprint density at radius 3 is 2.81 bits per heavy atom. The Morgan fingerprint density at radius 2 is 2.25 bits per heavy atom. The summed E-state index contributed by atoms with van der Waals surface area (Å²) in [6.07, 6.45) is 1.92. The Morgan fingerprint density at radius 1 is 1.50 bits per heavy atom. The molecule has 0 bridgehead atoms. The average Bonchev–Trinajstić information content (AvgIpc) is 2.29. The summed E-state index contributed by atoms with van der Waals surface area (Å²) >= 11 is 8.35. The van der Waals surface area contributed by atoms with E-state index in [1.54, 1.807) is 0 Å². The van der Waals surface area contributed by atoms with Crippen LogP contribution in [0.5, 0.6) is 0 Å². The summed E-state index contributed by atoms with van der Waals surface area (Å²) in [7, 11) is 1.97. The van der Waals surface area contributed by atoms with Gasteiger partial charge < -0.3 is 5.32 Å². The molecule has 3 heteroatoms. The molecule has 0 amide bonds. The lowest BCUT2D eigenvalue weighted by Crippen LogP contribution is -2.16. The van der Waals surface area contributed by atoms with Crippen LogP contribution in [-0.2, 0) is 0 Å². The van der Waals surface area contributed by atoms with Gasteiger partial charge >= 0.3 is 0 Å². The highest BCUT2D eigenvalue weighted by atomic mass is 127. The van der Waals surface area contributed by atoms with Gasteiger partial charge in [-0.3, -0.25) is 0 Å². The molecule has 86 valence electrons. The van der Waals surface area contributed by atoms with Crippen molar-refractivity contribution in [1.29, 1.82) is 0 Å². The van der Waals surface area contributed by atoms with Crippen LogP contribution in [0.3, 0.4) is 0 Å². The molecule has 16 heavy (non-hydrogen) atoms. The Balaban J connectivity index is 2.77. The first-order chi connectivity index (χ1) is 7.69. The molecule has 0 aromatic heterocycles. The molecule has 1 rings (SSSR count). The highest BCUT2D eigenvalue weighted by molar-refractivity contribution is 14.1. The Kier molecular flexibility index (Phi) is 6.18. The SMILES string of the molecule is CC#CCCC(NC)c1ccc(I)c(Cl)c1. The zero-order chi connectivity index (χ0) is 12.0. The predicted molar refractivity (Wildman–Crippen MR) is 78.7 cm³/mol. The summed E-state index contributed by atoms with van der Waals surface area (Å²) in [4.78, 5) is 0. The van der Waals surface area contributed by atoms with Crippen molar-refractivity contribution >= 4 is 34.2 Å². The molecule has 0 spiro atoms. The topological polar surface area (TPSA) is 12.0 Å². The van der Waals surface area contributed by atoms with Gasteiger partial charge in [-0.05, 0) is 60.7 Å². The second kappa shape index (κ2) is 7.16. The molecule has 1 nitrogen and oxygen atoms in total. The predicted octanol–water partition coefficient (Wildman–Crippen LogP) is 4.01. The van der Waals surface area contributed by atoms with E-state index in [1.807, 2.05) is 26.1 Å². The van der Waals surface area contributed by atoms with Crippen molar-refractivity contribution in [1.82, 2.24) is 5.32 Å². The zero-order valence-corrected chi connectivity index (χ0v) is 12.4. The molecular weight excluding hydrogens is 333 g/mol.